The van der Waals surface area contributed by atoms with Crippen LogP contribution in [0.15, 0.2) is 12.1 Å². The summed E-state index contributed by atoms with van der Waals surface area (Å²) >= 11 is 0. The molecule has 0 saturated carbocycles. The first-order valence-electron chi connectivity index (χ1n) is 5.67. The van der Waals surface area contributed by atoms with Crippen molar-refractivity contribution in [3.05, 3.63) is 23.3 Å². The minimum Gasteiger partial charge on any atom is -0.496 e. The fourth-order valence-electron chi connectivity index (χ4n) is 2.28. The molecule has 1 N–H and O–H groups in total. The van der Waals surface area contributed by atoms with Crippen molar-refractivity contribution >= 4 is 0 Å². The molecule has 2 rings (SSSR count). The molecule has 0 aliphatic carbocycles. The molecule has 1 aliphatic heterocycles. The zero-order chi connectivity index (χ0) is 12.5. The molecular formula is C13H19NO3. The van der Waals surface area contributed by atoms with Crippen LogP contribution in [0.3, 0.4) is 0 Å². The van der Waals surface area contributed by atoms with Crippen LogP contribution in [0.1, 0.15) is 11.1 Å². The molecular weight excluding hydrogens is 218 g/mol. The Bertz CT molecular complexity index is 408. The van der Waals surface area contributed by atoms with Crippen LogP contribution >= 0.6 is 0 Å². The largest absolute Gasteiger partial charge is 0.496 e. The summed E-state index contributed by atoms with van der Waals surface area (Å²) in [6, 6.07) is 4.02. The molecule has 4 heteroatoms. The molecule has 1 fully saturated rings. The maximum atomic E-state index is 5.53. The SMILES string of the molecule is CNC1(c2ccc(OC)c(C)c2OC)COC1. The van der Waals surface area contributed by atoms with Gasteiger partial charge in [-0.3, -0.25) is 0 Å². The van der Waals surface area contributed by atoms with Crippen molar-refractivity contribution in [2.45, 2.75) is 12.5 Å². The van der Waals surface area contributed by atoms with Gasteiger partial charge in [-0.2, -0.15) is 0 Å². The van der Waals surface area contributed by atoms with Gasteiger partial charge in [0.1, 0.15) is 11.5 Å². The summed E-state index contributed by atoms with van der Waals surface area (Å²) in [5.74, 6) is 1.72. The normalized spacial score (nSPS) is 17.4. The molecule has 17 heavy (non-hydrogen) atoms. The van der Waals surface area contributed by atoms with Crippen LogP contribution in [0, 0.1) is 6.92 Å². The molecule has 4 nitrogen and oxygen atoms in total. The first kappa shape index (κ1) is 12.2. The summed E-state index contributed by atoms with van der Waals surface area (Å²) in [5, 5.41) is 3.32. The quantitative estimate of drug-likeness (QED) is 0.860. The van der Waals surface area contributed by atoms with Crippen LogP contribution in [0.25, 0.3) is 0 Å². The van der Waals surface area contributed by atoms with Crippen LogP contribution in [-0.2, 0) is 10.3 Å². The van der Waals surface area contributed by atoms with Crippen LogP contribution in [0.4, 0.5) is 0 Å². The van der Waals surface area contributed by atoms with E-state index in [1.54, 1.807) is 14.2 Å². The Kier molecular flexibility index (Phi) is 3.26. The van der Waals surface area contributed by atoms with Gasteiger partial charge in [0.2, 0.25) is 0 Å². The number of hydrogen-bond acceptors (Lipinski definition) is 4. The van der Waals surface area contributed by atoms with Crippen molar-refractivity contribution < 1.29 is 14.2 Å². The second-order valence-corrected chi connectivity index (χ2v) is 4.30. The number of hydrogen-bond donors (Lipinski definition) is 1. The maximum Gasteiger partial charge on any atom is 0.130 e. The molecule has 0 bridgehead atoms. The Morgan fingerprint density at radius 3 is 2.35 bits per heavy atom. The highest BCUT2D eigenvalue weighted by molar-refractivity contribution is 5.52. The molecule has 1 saturated heterocycles. The smallest absolute Gasteiger partial charge is 0.130 e. The summed E-state index contributed by atoms with van der Waals surface area (Å²) in [6.07, 6.45) is 0. The van der Waals surface area contributed by atoms with E-state index in [2.05, 4.69) is 5.32 Å². The van der Waals surface area contributed by atoms with Crippen molar-refractivity contribution in [3.8, 4) is 11.5 Å². The zero-order valence-corrected chi connectivity index (χ0v) is 10.8. The highest BCUT2D eigenvalue weighted by Crippen LogP contribution is 2.40. The lowest BCUT2D eigenvalue weighted by atomic mass is 9.86. The molecule has 0 amide bonds. The topological polar surface area (TPSA) is 39.7 Å². The summed E-state index contributed by atoms with van der Waals surface area (Å²) in [5.41, 5.74) is 2.03. The monoisotopic (exact) mass is 237 g/mol. The van der Waals surface area contributed by atoms with Gasteiger partial charge in [0, 0.05) is 11.1 Å². The Hall–Kier alpha value is -1.26. The van der Waals surface area contributed by atoms with Crippen molar-refractivity contribution in [1.29, 1.82) is 0 Å². The van der Waals surface area contributed by atoms with E-state index >= 15 is 0 Å². The Balaban J connectivity index is 2.51. The first-order chi connectivity index (χ1) is 8.18. The Labute approximate surface area is 102 Å². The van der Waals surface area contributed by atoms with Gasteiger partial charge in [-0.15, -0.1) is 0 Å². The number of likely N-dealkylation sites (N-methyl/N-ethyl adjacent to an activating group) is 1. The predicted molar refractivity (Wildman–Crippen MR) is 65.8 cm³/mol. The number of methoxy groups -OCH3 is 2. The molecule has 94 valence electrons. The molecule has 0 atom stereocenters. The average Bonchev–Trinajstić information content (AvgIpc) is 2.29. The highest BCUT2D eigenvalue weighted by Gasteiger charge is 2.41. The first-order valence-corrected chi connectivity index (χ1v) is 5.67. The van der Waals surface area contributed by atoms with Gasteiger partial charge in [0.15, 0.2) is 0 Å². The third-order valence-electron chi connectivity index (χ3n) is 3.47. The fraction of sp³-hybridized carbons (Fsp3) is 0.538. The second kappa shape index (κ2) is 4.55. The molecule has 1 aliphatic rings. The van der Waals surface area contributed by atoms with E-state index in [-0.39, 0.29) is 5.54 Å². The van der Waals surface area contributed by atoms with E-state index in [1.165, 1.54) is 0 Å². The number of rotatable bonds is 4. The van der Waals surface area contributed by atoms with E-state index in [1.807, 2.05) is 26.1 Å². The van der Waals surface area contributed by atoms with Crippen molar-refractivity contribution in [2.24, 2.45) is 0 Å². The zero-order valence-electron chi connectivity index (χ0n) is 10.8. The van der Waals surface area contributed by atoms with E-state index in [0.29, 0.717) is 13.2 Å². The minimum absolute atomic E-state index is 0.123. The molecule has 1 heterocycles. The van der Waals surface area contributed by atoms with Gasteiger partial charge in [0.05, 0.1) is 33.0 Å². The third-order valence-corrected chi connectivity index (χ3v) is 3.47. The predicted octanol–water partition coefficient (Wildman–Crippen LogP) is 1.46. The van der Waals surface area contributed by atoms with Gasteiger partial charge >= 0.3 is 0 Å². The summed E-state index contributed by atoms with van der Waals surface area (Å²) in [6.45, 7) is 3.35. The van der Waals surface area contributed by atoms with Crippen LogP contribution in [0.5, 0.6) is 11.5 Å². The maximum absolute atomic E-state index is 5.53. The minimum atomic E-state index is -0.123. The van der Waals surface area contributed by atoms with Crippen molar-refractivity contribution in [2.75, 3.05) is 34.5 Å². The van der Waals surface area contributed by atoms with E-state index in [9.17, 15) is 0 Å². The second-order valence-electron chi connectivity index (χ2n) is 4.30. The molecule has 0 aromatic heterocycles. The Morgan fingerprint density at radius 2 is 1.94 bits per heavy atom. The lowest BCUT2D eigenvalue weighted by Crippen LogP contribution is -2.56. The number of ether oxygens (including phenoxy) is 3. The molecule has 1 aromatic rings. The number of benzene rings is 1. The summed E-state index contributed by atoms with van der Waals surface area (Å²) < 4.78 is 16.2. The third kappa shape index (κ3) is 1.77. The average molecular weight is 237 g/mol. The van der Waals surface area contributed by atoms with Crippen LogP contribution in [-0.4, -0.2) is 34.5 Å². The van der Waals surface area contributed by atoms with Crippen LogP contribution < -0.4 is 14.8 Å². The Morgan fingerprint density at radius 1 is 1.24 bits per heavy atom. The van der Waals surface area contributed by atoms with Crippen LogP contribution in [0.2, 0.25) is 0 Å². The van der Waals surface area contributed by atoms with Gasteiger partial charge in [-0.05, 0) is 26.1 Å². The summed E-state index contributed by atoms with van der Waals surface area (Å²) in [7, 11) is 5.30. The van der Waals surface area contributed by atoms with Crippen molar-refractivity contribution in [3.63, 3.8) is 0 Å². The fourth-order valence-corrected chi connectivity index (χ4v) is 2.28. The van der Waals surface area contributed by atoms with E-state index in [0.717, 1.165) is 22.6 Å². The molecule has 0 spiro atoms. The lowest BCUT2D eigenvalue weighted by Gasteiger charge is -2.42. The van der Waals surface area contributed by atoms with Gasteiger partial charge in [0.25, 0.3) is 0 Å². The molecule has 0 unspecified atom stereocenters. The molecule has 1 aromatic carbocycles. The standard InChI is InChI=1S/C13H19NO3/c1-9-11(15-3)6-5-10(12(9)16-4)13(14-2)7-17-8-13/h5-6,14H,7-8H2,1-4H3. The van der Waals surface area contributed by atoms with Gasteiger partial charge in [-0.1, -0.05) is 0 Å². The molecule has 0 radical (unpaired) electrons. The highest BCUT2D eigenvalue weighted by atomic mass is 16.5. The van der Waals surface area contributed by atoms with E-state index in [4.69, 9.17) is 14.2 Å². The van der Waals surface area contributed by atoms with Crippen molar-refractivity contribution in [1.82, 2.24) is 5.32 Å². The van der Waals surface area contributed by atoms with E-state index < -0.39 is 0 Å². The summed E-state index contributed by atoms with van der Waals surface area (Å²) in [4.78, 5) is 0. The number of nitrogens with one attached hydrogen (secondary N) is 1. The van der Waals surface area contributed by atoms with Gasteiger partial charge < -0.3 is 19.5 Å². The van der Waals surface area contributed by atoms with Gasteiger partial charge in [-0.25, -0.2) is 0 Å². The lowest BCUT2D eigenvalue weighted by molar-refractivity contribution is -0.0757.